The van der Waals surface area contributed by atoms with Crippen LogP contribution in [0.2, 0.25) is 0 Å². The number of nitrogens with zero attached hydrogens (tertiary/aromatic N) is 2. The summed E-state index contributed by atoms with van der Waals surface area (Å²) in [6.07, 6.45) is 1.32. The summed E-state index contributed by atoms with van der Waals surface area (Å²) in [4.78, 5) is 22.2. The van der Waals surface area contributed by atoms with Crippen LogP contribution >= 0.6 is 22.6 Å². The maximum atomic E-state index is 12.0. The number of halogens is 1. The molecule has 1 amide bonds. The molecule has 0 aliphatic heterocycles. The Balaban J connectivity index is 2.16. The van der Waals surface area contributed by atoms with E-state index in [2.05, 4.69) is 10.5 Å². The second-order valence-corrected chi connectivity index (χ2v) is 5.05. The molecule has 0 saturated carbocycles. The molecule has 2 rings (SSSR count). The first-order chi connectivity index (χ1) is 10.5. The van der Waals surface area contributed by atoms with Gasteiger partial charge >= 0.3 is 0 Å². The lowest BCUT2D eigenvalue weighted by molar-refractivity contribution is -0.384. The highest BCUT2D eigenvalue weighted by Gasteiger charge is 2.17. The highest BCUT2D eigenvalue weighted by atomic mass is 127. The van der Waals surface area contributed by atoms with Crippen molar-refractivity contribution in [2.24, 2.45) is 5.10 Å². The molecular weight excluding hydrogens is 405 g/mol. The van der Waals surface area contributed by atoms with Gasteiger partial charge in [0.15, 0.2) is 3.77 Å². The summed E-state index contributed by atoms with van der Waals surface area (Å²) in [5.41, 5.74) is 2.07. The summed E-state index contributed by atoms with van der Waals surface area (Å²) in [5.74, 6) is 0.0552. The number of rotatable bonds is 5. The summed E-state index contributed by atoms with van der Waals surface area (Å²) < 4.78 is 10.9. The Morgan fingerprint density at radius 1 is 1.45 bits per heavy atom. The summed E-state index contributed by atoms with van der Waals surface area (Å²) in [6.45, 7) is 0. The lowest BCUT2D eigenvalue weighted by Gasteiger charge is -2.06. The van der Waals surface area contributed by atoms with Crippen molar-refractivity contribution in [3.63, 3.8) is 0 Å². The number of hydrazone groups is 1. The van der Waals surface area contributed by atoms with Crippen LogP contribution in [0.25, 0.3) is 0 Å². The van der Waals surface area contributed by atoms with E-state index >= 15 is 0 Å². The third kappa shape index (κ3) is 3.81. The number of carbonyl (C=O) groups excluding carboxylic acids is 1. The fourth-order valence-corrected chi connectivity index (χ4v) is 2.03. The second-order valence-electron chi connectivity index (χ2n) is 3.98. The molecule has 114 valence electrons. The molecule has 1 aromatic carbocycles. The van der Waals surface area contributed by atoms with E-state index < -0.39 is 10.8 Å². The van der Waals surface area contributed by atoms with Gasteiger partial charge in [-0.15, -0.1) is 0 Å². The smallest absolute Gasteiger partial charge is 0.275 e. The Labute approximate surface area is 138 Å². The first-order valence-corrected chi connectivity index (χ1v) is 7.00. The molecule has 2 aromatic rings. The molecule has 1 heterocycles. The molecule has 0 aliphatic rings. The van der Waals surface area contributed by atoms with E-state index in [4.69, 9.17) is 9.15 Å². The molecule has 22 heavy (non-hydrogen) atoms. The van der Waals surface area contributed by atoms with Gasteiger partial charge in [0.25, 0.3) is 11.6 Å². The van der Waals surface area contributed by atoms with E-state index in [0.717, 1.165) is 6.07 Å². The number of non-ortho nitro benzene ring substituents is 1. The number of nitrogens with one attached hydrogen (secondary N) is 1. The van der Waals surface area contributed by atoms with Crippen LogP contribution in [0.1, 0.15) is 16.1 Å². The molecule has 0 saturated heterocycles. The van der Waals surface area contributed by atoms with Crippen LogP contribution in [0.5, 0.6) is 5.75 Å². The molecule has 0 fully saturated rings. The van der Waals surface area contributed by atoms with Crippen LogP contribution in [0.3, 0.4) is 0 Å². The van der Waals surface area contributed by atoms with Crippen molar-refractivity contribution in [3.8, 4) is 5.75 Å². The minimum Gasteiger partial charge on any atom is -0.496 e. The molecule has 0 atom stereocenters. The average Bonchev–Trinajstić information content (AvgIpc) is 2.91. The monoisotopic (exact) mass is 415 g/mol. The third-order valence-corrected chi connectivity index (χ3v) is 3.17. The van der Waals surface area contributed by atoms with Gasteiger partial charge in [-0.05, 0) is 40.8 Å². The van der Waals surface area contributed by atoms with Gasteiger partial charge in [-0.1, -0.05) is 0 Å². The minimum absolute atomic E-state index is 0.0166. The highest BCUT2D eigenvalue weighted by Crippen LogP contribution is 2.23. The molecular formula is C13H10IN3O5. The van der Waals surface area contributed by atoms with Gasteiger partial charge < -0.3 is 9.15 Å². The van der Waals surface area contributed by atoms with Crippen LogP contribution in [0.4, 0.5) is 5.69 Å². The molecule has 0 unspecified atom stereocenters. The SMILES string of the molecule is COc1ccc([N+](=O)[O-])cc1C(=O)N/N=C\c1ccc(I)o1. The summed E-state index contributed by atoms with van der Waals surface area (Å²) >= 11 is 2.00. The molecule has 9 heteroatoms. The summed E-state index contributed by atoms with van der Waals surface area (Å²) in [5, 5.41) is 14.5. The fourth-order valence-electron chi connectivity index (χ4n) is 1.60. The number of furan rings is 1. The number of nitro groups is 1. The largest absolute Gasteiger partial charge is 0.496 e. The number of benzene rings is 1. The standard InChI is InChI=1S/C13H10IN3O5/c1-21-11-4-2-8(17(19)20)6-10(11)13(18)16-15-7-9-3-5-12(14)22-9/h2-7H,1H3,(H,16,18)/b15-7-. The Bertz CT molecular complexity index is 741. The first kappa shape index (κ1) is 15.9. The van der Waals surface area contributed by atoms with Crippen LogP contribution in [-0.2, 0) is 0 Å². The van der Waals surface area contributed by atoms with Crippen LogP contribution < -0.4 is 10.2 Å². The number of hydrogen-bond acceptors (Lipinski definition) is 6. The van der Waals surface area contributed by atoms with Crippen molar-refractivity contribution in [1.82, 2.24) is 5.43 Å². The zero-order valence-corrected chi connectivity index (χ0v) is 13.4. The van der Waals surface area contributed by atoms with Crippen molar-refractivity contribution in [1.29, 1.82) is 0 Å². The molecule has 1 aromatic heterocycles. The summed E-state index contributed by atoms with van der Waals surface area (Å²) in [6, 6.07) is 7.16. The number of ether oxygens (including phenoxy) is 1. The molecule has 1 N–H and O–H groups in total. The van der Waals surface area contributed by atoms with E-state index in [9.17, 15) is 14.9 Å². The fraction of sp³-hybridized carbons (Fsp3) is 0.0769. The van der Waals surface area contributed by atoms with E-state index in [1.165, 1.54) is 25.5 Å². The van der Waals surface area contributed by atoms with Crippen molar-refractivity contribution >= 4 is 40.4 Å². The molecule has 0 aliphatic carbocycles. The molecule has 0 bridgehead atoms. The number of amides is 1. The van der Waals surface area contributed by atoms with Crippen LogP contribution in [-0.4, -0.2) is 24.2 Å². The highest BCUT2D eigenvalue weighted by molar-refractivity contribution is 14.1. The Hall–Kier alpha value is -2.43. The molecule has 0 radical (unpaired) electrons. The van der Waals surface area contributed by atoms with Gasteiger partial charge in [0.2, 0.25) is 0 Å². The van der Waals surface area contributed by atoms with E-state index in [0.29, 0.717) is 9.53 Å². The van der Waals surface area contributed by atoms with Crippen molar-refractivity contribution in [2.75, 3.05) is 7.11 Å². The van der Waals surface area contributed by atoms with Gasteiger partial charge in [0.1, 0.15) is 11.5 Å². The minimum atomic E-state index is -0.627. The molecule has 8 nitrogen and oxygen atoms in total. The van der Waals surface area contributed by atoms with Crippen molar-refractivity contribution in [2.45, 2.75) is 0 Å². The first-order valence-electron chi connectivity index (χ1n) is 5.92. The predicted octanol–water partition coefficient (Wildman–Crippen LogP) is 2.56. The number of hydrogen-bond donors (Lipinski definition) is 1. The topological polar surface area (TPSA) is 107 Å². The Kier molecular flexibility index (Phi) is 5.09. The number of nitro benzene ring substituents is 1. The zero-order valence-electron chi connectivity index (χ0n) is 11.3. The Morgan fingerprint density at radius 3 is 2.82 bits per heavy atom. The van der Waals surface area contributed by atoms with Crippen molar-refractivity contribution < 1.29 is 18.9 Å². The van der Waals surface area contributed by atoms with E-state index in [1.807, 2.05) is 22.6 Å². The maximum Gasteiger partial charge on any atom is 0.275 e. The van der Waals surface area contributed by atoms with Gasteiger partial charge in [0.05, 0.1) is 23.8 Å². The lowest BCUT2D eigenvalue weighted by Crippen LogP contribution is -2.18. The van der Waals surface area contributed by atoms with E-state index in [1.54, 1.807) is 12.1 Å². The normalized spacial score (nSPS) is 10.6. The third-order valence-electron chi connectivity index (χ3n) is 2.59. The van der Waals surface area contributed by atoms with Gasteiger partial charge in [-0.3, -0.25) is 14.9 Å². The van der Waals surface area contributed by atoms with E-state index in [-0.39, 0.29) is 17.0 Å². The number of carbonyl (C=O) groups is 1. The second kappa shape index (κ2) is 7.02. The van der Waals surface area contributed by atoms with Gasteiger partial charge in [-0.2, -0.15) is 5.10 Å². The molecule has 0 spiro atoms. The zero-order chi connectivity index (χ0) is 16.1. The van der Waals surface area contributed by atoms with Gasteiger partial charge in [-0.25, -0.2) is 5.43 Å². The van der Waals surface area contributed by atoms with Gasteiger partial charge in [0, 0.05) is 12.1 Å². The maximum absolute atomic E-state index is 12.0. The predicted molar refractivity (Wildman–Crippen MR) is 86.1 cm³/mol. The quantitative estimate of drug-likeness (QED) is 0.350. The van der Waals surface area contributed by atoms with Crippen LogP contribution in [0.15, 0.2) is 39.9 Å². The van der Waals surface area contributed by atoms with Crippen molar-refractivity contribution in [3.05, 3.63) is 55.5 Å². The number of methoxy groups -OCH3 is 1. The lowest BCUT2D eigenvalue weighted by atomic mass is 10.1. The van der Waals surface area contributed by atoms with Crippen LogP contribution in [0, 0.1) is 13.9 Å². The summed E-state index contributed by atoms with van der Waals surface area (Å²) in [7, 11) is 1.37. The Morgan fingerprint density at radius 2 is 2.23 bits per heavy atom. The average molecular weight is 415 g/mol.